The van der Waals surface area contributed by atoms with Gasteiger partial charge in [0, 0.05) is 18.0 Å². The van der Waals surface area contributed by atoms with Gasteiger partial charge in [0.1, 0.15) is 5.75 Å². The average molecular weight is 392 g/mol. The Kier molecular flexibility index (Phi) is 8.27. The summed E-state index contributed by atoms with van der Waals surface area (Å²) in [5.74, 6) is 2.08. The maximum atomic E-state index is 12.0. The molecule has 0 unspecified atom stereocenters. The highest BCUT2D eigenvalue weighted by Gasteiger charge is 2.08. The van der Waals surface area contributed by atoms with Crippen LogP contribution in [-0.2, 0) is 11.3 Å². The summed E-state index contributed by atoms with van der Waals surface area (Å²) in [6, 6.07) is 12.8. The van der Waals surface area contributed by atoms with Crippen molar-refractivity contribution >= 4 is 17.5 Å². The normalized spacial score (nSPS) is 10.6. The van der Waals surface area contributed by atoms with E-state index in [-0.39, 0.29) is 12.0 Å². The van der Waals surface area contributed by atoms with Crippen molar-refractivity contribution in [3.05, 3.63) is 53.1 Å². The number of methoxy groups -OCH3 is 1. The lowest BCUT2D eigenvalue weighted by atomic mass is 10.2. The molecule has 146 valence electrons. The van der Waals surface area contributed by atoms with Crippen LogP contribution in [0.5, 0.6) is 17.2 Å². The third-order valence-electron chi connectivity index (χ3n) is 3.71. The molecule has 0 aliphatic heterocycles. The van der Waals surface area contributed by atoms with Gasteiger partial charge in [0.05, 0.1) is 19.8 Å². The van der Waals surface area contributed by atoms with Crippen LogP contribution < -0.4 is 19.5 Å². The lowest BCUT2D eigenvalue weighted by Crippen LogP contribution is -2.23. The van der Waals surface area contributed by atoms with E-state index in [1.807, 2.05) is 44.2 Å². The van der Waals surface area contributed by atoms with Crippen LogP contribution in [0.4, 0.5) is 0 Å². The second-order valence-corrected chi connectivity index (χ2v) is 6.77. The second kappa shape index (κ2) is 10.7. The highest BCUT2D eigenvalue weighted by Crippen LogP contribution is 2.28. The van der Waals surface area contributed by atoms with Crippen molar-refractivity contribution in [2.75, 3.05) is 13.7 Å². The third kappa shape index (κ3) is 7.39. The summed E-state index contributed by atoms with van der Waals surface area (Å²) in [6.07, 6.45) is 1.11. The van der Waals surface area contributed by atoms with Gasteiger partial charge in [-0.25, -0.2) is 0 Å². The molecule has 2 aromatic carbocycles. The van der Waals surface area contributed by atoms with Gasteiger partial charge < -0.3 is 19.5 Å². The first-order chi connectivity index (χ1) is 13.0. The molecule has 0 atom stereocenters. The summed E-state index contributed by atoms with van der Waals surface area (Å²) in [4.78, 5) is 12.0. The van der Waals surface area contributed by atoms with Crippen LogP contribution in [0.1, 0.15) is 32.3 Å². The molecule has 0 aliphatic rings. The summed E-state index contributed by atoms with van der Waals surface area (Å²) in [5.41, 5.74) is 0.953. The van der Waals surface area contributed by atoms with Gasteiger partial charge in [0.25, 0.3) is 0 Å². The molecule has 0 fully saturated rings. The minimum atomic E-state index is -0.0174. The summed E-state index contributed by atoms with van der Waals surface area (Å²) >= 11 is 5.83. The predicted octanol–water partition coefficient (Wildman–Crippen LogP) is 4.61. The molecule has 1 N–H and O–H groups in total. The van der Waals surface area contributed by atoms with Gasteiger partial charge in [-0.1, -0.05) is 17.7 Å². The standard InChI is InChI=1S/C21H26ClNO4/c1-15(2)27-19-11-6-16(13-20(19)25-3)14-23-21(24)5-4-12-26-18-9-7-17(22)8-10-18/h6-11,13,15H,4-5,12,14H2,1-3H3,(H,23,24). The van der Waals surface area contributed by atoms with Crippen molar-refractivity contribution in [3.63, 3.8) is 0 Å². The van der Waals surface area contributed by atoms with Crippen LogP contribution >= 0.6 is 11.6 Å². The van der Waals surface area contributed by atoms with Crippen LogP contribution in [0, 0.1) is 0 Å². The fraction of sp³-hybridized carbons (Fsp3) is 0.381. The first kappa shape index (κ1) is 20.9. The summed E-state index contributed by atoms with van der Waals surface area (Å²) in [6.45, 7) is 4.84. The lowest BCUT2D eigenvalue weighted by Gasteiger charge is -2.14. The minimum Gasteiger partial charge on any atom is -0.494 e. The first-order valence-corrected chi connectivity index (χ1v) is 9.34. The topological polar surface area (TPSA) is 56.8 Å². The molecule has 0 spiro atoms. The average Bonchev–Trinajstić information content (AvgIpc) is 2.65. The van der Waals surface area contributed by atoms with E-state index in [1.165, 1.54) is 0 Å². The Labute approximate surface area is 165 Å². The van der Waals surface area contributed by atoms with Crippen molar-refractivity contribution in [2.24, 2.45) is 0 Å². The zero-order valence-electron chi connectivity index (χ0n) is 16.0. The van der Waals surface area contributed by atoms with Crippen LogP contribution in [-0.4, -0.2) is 25.7 Å². The van der Waals surface area contributed by atoms with E-state index in [0.717, 1.165) is 11.3 Å². The molecule has 0 bridgehead atoms. The largest absolute Gasteiger partial charge is 0.494 e. The van der Waals surface area contributed by atoms with Gasteiger partial charge in [0.2, 0.25) is 5.91 Å². The van der Waals surface area contributed by atoms with E-state index in [9.17, 15) is 4.79 Å². The molecular formula is C21H26ClNO4. The van der Waals surface area contributed by atoms with Gasteiger partial charge in [0.15, 0.2) is 11.5 Å². The molecule has 6 heteroatoms. The Morgan fingerprint density at radius 2 is 1.85 bits per heavy atom. The number of carbonyl (C=O) groups is 1. The van der Waals surface area contributed by atoms with Crippen LogP contribution in [0.25, 0.3) is 0 Å². The molecule has 27 heavy (non-hydrogen) atoms. The van der Waals surface area contributed by atoms with E-state index >= 15 is 0 Å². The van der Waals surface area contributed by atoms with E-state index in [2.05, 4.69) is 5.32 Å². The number of carbonyl (C=O) groups excluding carboxylic acids is 1. The zero-order valence-corrected chi connectivity index (χ0v) is 16.7. The van der Waals surface area contributed by atoms with Crippen LogP contribution in [0.3, 0.4) is 0 Å². The summed E-state index contributed by atoms with van der Waals surface area (Å²) in [7, 11) is 1.60. The van der Waals surface area contributed by atoms with Gasteiger partial charge >= 0.3 is 0 Å². The molecule has 0 radical (unpaired) electrons. The number of amides is 1. The minimum absolute atomic E-state index is 0.0174. The number of nitrogens with one attached hydrogen (secondary N) is 1. The highest BCUT2D eigenvalue weighted by atomic mass is 35.5. The van der Waals surface area contributed by atoms with Crippen molar-refractivity contribution in [1.82, 2.24) is 5.32 Å². The van der Waals surface area contributed by atoms with E-state index in [4.69, 9.17) is 25.8 Å². The molecule has 0 saturated carbocycles. The Morgan fingerprint density at radius 1 is 1.11 bits per heavy atom. The first-order valence-electron chi connectivity index (χ1n) is 8.96. The van der Waals surface area contributed by atoms with E-state index in [1.54, 1.807) is 19.2 Å². The van der Waals surface area contributed by atoms with Crippen molar-refractivity contribution in [2.45, 2.75) is 39.3 Å². The lowest BCUT2D eigenvalue weighted by molar-refractivity contribution is -0.121. The molecule has 0 saturated heterocycles. The quantitative estimate of drug-likeness (QED) is 0.601. The van der Waals surface area contributed by atoms with Gasteiger partial charge in [-0.15, -0.1) is 0 Å². The van der Waals surface area contributed by atoms with E-state index in [0.29, 0.717) is 42.5 Å². The predicted molar refractivity (Wildman–Crippen MR) is 107 cm³/mol. The maximum absolute atomic E-state index is 12.0. The molecule has 0 aliphatic carbocycles. The number of rotatable bonds is 10. The van der Waals surface area contributed by atoms with Crippen molar-refractivity contribution in [3.8, 4) is 17.2 Å². The Morgan fingerprint density at radius 3 is 2.52 bits per heavy atom. The maximum Gasteiger partial charge on any atom is 0.220 e. The van der Waals surface area contributed by atoms with Crippen LogP contribution in [0.2, 0.25) is 5.02 Å². The molecule has 0 heterocycles. The van der Waals surface area contributed by atoms with Crippen LogP contribution in [0.15, 0.2) is 42.5 Å². The highest BCUT2D eigenvalue weighted by molar-refractivity contribution is 6.30. The second-order valence-electron chi connectivity index (χ2n) is 6.33. The van der Waals surface area contributed by atoms with Crippen molar-refractivity contribution < 1.29 is 19.0 Å². The number of ether oxygens (including phenoxy) is 3. The van der Waals surface area contributed by atoms with E-state index < -0.39 is 0 Å². The Balaban J connectivity index is 1.72. The van der Waals surface area contributed by atoms with Gasteiger partial charge in [-0.05, 0) is 62.2 Å². The molecule has 2 rings (SSSR count). The van der Waals surface area contributed by atoms with Gasteiger partial charge in [-0.3, -0.25) is 4.79 Å². The Hall–Kier alpha value is -2.40. The molecular weight excluding hydrogens is 366 g/mol. The number of benzene rings is 2. The molecule has 0 aromatic heterocycles. The number of halogens is 1. The molecule has 1 amide bonds. The fourth-order valence-electron chi connectivity index (χ4n) is 2.42. The smallest absolute Gasteiger partial charge is 0.220 e. The summed E-state index contributed by atoms with van der Waals surface area (Å²) < 4.78 is 16.6. The monoisotopic (exact) mass is 391 g/mol. The zero-order chi connectivity index (χ0) is 19.6. The molecule has 2 aromatic rings. The summed E-state index contributed by atoms with van der Waals surface area (Å²) in [5, 5.41) is 3.58. The van der Waals surface area contributed by atoms with Crippen molar-refractivity contribution in [1.29, 1.82) is 0 Å². The van der Waals surface area contributed by atoms with Gasteiger partial charge in [-0.2, -0.15) is 0 Å². The number of hydrogen-bond acceptors (Lipinski definition) is 4. The fourth-order valence-corrected chi connectivity index (χ4v) is 2.54. The molecule has 5 nitrogen and oxygen atoms in total. The SMILES string of the molecule is COc1cc(CNC(=O)CCCOc2ccc(Cl)cc2)ccc1OC(C)C. The third-order valence-corrected chi connectivity index (χ3v) is 3.96. The Bertz CT molecular complexity index is 731. The number of hydrogen-bond donors (Lipinski definition) is 1.